The van der Waals surface area contributed by atoms with Crippen molar-refractivity contribution < 1.29 is 36.9 Å². The fraction of sp³-hybridized carbons (Fsp3) is 0.545. The van der Waals surface area contributed by atoms with E-state index in [1.165, 1.54) is 26.0 Å². The monoisotopic (exact) mass is 604 g/mol. The van der Waals surface area contributed by atoms with Gasteiger partial charge in [-0.05, 0) is 65.0 Å². The first-order valence-corrected chi connectivity index (χ1v) is 15.1. The van der Waals surface area contributed by atoms with E-state index in [1.54, 1.807) is 6.92 Å². The van der Waals surface area contributed by atoms with Crippen LogP contribution < -0.4 is 4.74 Å². The van der Waals surface area contributed by atoms with Crippen LogP contribution in [0.2, 0.25) is 0 Å². The molecule has 0 bridgehead atoms. The van der Waals surface area contributed by atoms with Gasteiger partial charge in [-0.1, -0.05) is 18.2 Å². The molecule has 7 nitrogen and oxygen atoms in total. The lowest BCUT2D eigenvalue weighted by molar-refractivity contribution is -0.148. The number of esters is 1. The molecule has 43 heavy (non-hydrogen) atoms. The molecule has 0 saturated heterocycles. The fourth-order valence-corrected chi connectivity index (χ4v) is 5.62. The molecule has 10 heteroatoms. The van der Waals surface area contributed by atoms with Crippen molar-refractivity contribution in [3.05, 3.63) is 64.9 Å². The number of rotatable bonds is 16. The lowest BCUT2D eigenvalue weighted by Gasteiger charge is -2.43. The van der Waals surface area contributed by atoms with Gasteiger partial charge in [0.15, 0.2) is 0 Å². The van der Waals surface area contributed by atoms with Gasteiger partial charge in [0.1, 0.15) is 29.7 Å². The largest absolute Gasteiger partial charge is 0.493 e. The molecule has 0 amide bonds. The van der Waals surface area contributed by atoms with E-state index < -0.39 is 23.3 Å². The van der Waals surface area contributed by atoms with Crippen LogP contribution in [0.1, 0.15) is 69.8 Å². The summed E-state index contributed by atoms with van der Waals surface area (Å²) in [6.07, 6.45) is 2.65. The number of para-hydroxylation sites is 1. The van der Waals surface area contributed by atoms with Crippen molar-refractivity contribution in [2.75, 3.05) is 46.2 Å². The topological polar surface area (TPSA) is 73.0 Å². The van der Waals surface area contributed by atoms with Crippen molar-refractivity contribution >= 4 is 16.9 Å². The third-order valence-corrected chi connectivity index (χ3v) is 7.46. The first-order chi connectivity index (χ1) is 20.6. The van der Waals surface area contributed by atoms with Crippen molar-refractivity contribution in [3.8, 4) is 5.75 Å². The van der Waals surface area contributed by atoms with E-state index in [9.17, 15) is 9.18 Å². The molecule has 2 atom stereocenters. The smallest absolute Gasteiger partial charge is 0.332 e. The second-order valence-corrected chi connectivity index (χ2v) is 11.6. The number of nitrogens with zero attached hydrogens (tertiary/aromatic N) is 1. The van der Waals surface area contributed by atoms with Crippen molar-refractivity contribution in [1.82, 2.24) is 9.88 Å². The van der Waals surface area contributed by atoms with Gasteiger partial charge in [-0.15, -0.1) is 0 Å². The van der Waals surface area contributed by atoms with Gasteiger partial charge >= 0.3 is 5.97 Å². The Hall–Kier alpha value is -3.08. The summed E-state index contributed by atoms with van der Waals surface area (Å²) in [5.41, 5.74) is 0.911. The number of H-pyrrole nitrogens is 1. The minimum atomic E-state index is -1.56. The Morgan fingerprint density at radius 1 is 1.02 bits per heavy atom. The molecular formula is C33H43F3N2O5. The average molecular weight is 605 g/mol. The summed E-state index contributed by atoms with van der Waals surface area (Å²) < 4.78 is 67.7. The molecule has 1 aliphatic heterocycles. The molecular weight excluding hydrogens is 561 g/mol. The van der Waals surface area contributed by atoms with Gasteiger partial charge in [0.05, 0.1) is 19.3 Å². The number of fused-ring (bicyclic) bond motifs is 3. The minimum Gasteiger partial charge on any atom is -0.493 e. The number of benzene rings is 2. The molecule has 3 aromatic rings. The molecule has 0 saturated carbocycles. The number of aromatic nitrogens is 1. The van der Waals surface area contributed by atoms with Crippen LogP contribution in [0, 0.1) is 11.6 Å². The number of hydrogen-bond acceptors (Lipinski definition) is 6. The molecule has 0 fully saturated rings. The van der Waals surface area contributed by atoms with Crippen LogP contribution in [-0.2, 0) is 25.4 Å². The summed E-state index contributed by atoms with van der Waals surface area (Å²) in [5.74, 6) is -1.73. The van der Waals surface area contributed by atoms with E-state index >= 15 is 8.78 Å². The van der Waals surface area contributed by atoms with Crippen LogP contribution in [0.4, 0.5) is 13.2 Å². The summed E-state index contributed by atoms with van der Waals surface area (Å²) in [5, 5.41) is 1.01. The summed E-state index contributed by atoms with van der Waals surface area (Å²) in [6, 6.07) is 9.27. The summed E-state index contributed by atoms with van der Waals surface area (Å²) in [6.45, 7) is 8.65. The Labute approximate surface area is 251 Å². The molecule has 1 N–H and O–H groups in total. The van der Waals surface area contributed by atoms with E-state index in [1.807, 2.05) is 36.1 Å². The van der Waals surface area contributed by atoms with E-state index in [4.69, 9.17) is 18.9 Å². The van der Waals surface area contributed by atoms with Crippen LogP contribution in [0.15, 0.2) is 36.4 Å². The van der Waals surface area contributed by atoms with Crippen molar-refractivity contribution in [2.24, 2.45) is 0 Å². The Morgan fingerprint density at radius 3 is 2.42 bits per heavy atom. The van der Waals surface area contributed by atoms with E-state index in [0.29, 0.717) is 57.8 Å². The SMILES string of the molecule is CCOC(=O)COCCCOCCCCOc1cc(F)c([C@@H]2c3[nH]c4ccccc4c3C[C@@H](C)N2CC(C)(C)F)c(F)c1. The molecule has 0 radical (unpaired) electrons. The molecule has 2 aromatic carbocycles. The normalized spacial score (nSPS) is 17.3. The van der Waals surface area contributed by atoms with Gasteiger partial charge in [-0.3, -0.25) is 4.90 Å². The summed E-state index contributed by atoms with van der Waals surface area (Å²) in [4.78, 5) is 16.4. The van der Waals surface area contributed by atoms with Crippen molar-refractivity contribution in [3.63, 3.8) is 0 Å². The minimum absolute atomic E-state index is 0.0213. The maximum atomic E-state index is 15.8. The molecule has 2 heterocycles. The number of ether oxygens (including phenoxy) is 4. The number of aromatic amines is 1. The Kier molecular flexibility index (Phi) is 11.5. The Morgan fingerprint density at radius 2 is 1.70 bits per heavy atom. The Balaban J connectivity index is 1.35. The maximum Gasteiger partial charge on any atom is 0.332 e. The van der Waals surface area contributed by atoms with Crippen LogP contribution >= 0.6 is 0 Å². The molecule has 236 valence electrons. The van der Waals surface area contributed by atoms with Gasteiger partial charge in [0.25, 0.3) is 0 Å². The predicted octanol–water partition coefficient (Wildman–Crippen LogP) is 6.68. The van der Waals surface area contributed by atoms with Gasteiger partial charge in [-0.25, -0.2) is 18.0 Å². The Bertz CT molecular complexity index is 1330. The number of unbranched alkanes of at least 4 members (excludes halogenated alkanes) is 1. The zero-order chi connectivity index (χ0) is 31.0. The average Bonchev–Trinajstić information content (AvgIpc) is 3.30. The first-order valence-electron chi connectivity index (χ1n) is 15.1. The highest BCUT2D eigenvalue weighted by Gasteiger charge is 2.41. The maximum absolute atomic E-state index is 15.8. The third-order valence-electron chi connectivity index (χ3n) is 7.46. The van der Waals surface area contributed by atoms with Gasteiger partial charge in [0, 0.05) is 66.7 Å². The van der Waals surface area contributed by atoms with Crippen LogP contribution in [-0.4, -0.2) is 73.7 Å². The van der Waals surface area contributed by atoms with Crippen LogP contribution in [0.25, 0.3) is 10.9 Å². The quantitative estimate of drug-likeness (QED) is 0.145. The zero-order valence-corrected chi connectivity index (χ0v) is 25.5. The number of carbonyl (C=O) groups excluding carboxylic acids is 1. The highest BCUT2D eigenvalue weighted by molar-refractivity contribution is 5.85. The highest BCUT2D eigenvalue weighted by Crippen LogP contribution is 2.43. The molecule has 1 aliphatic rings. The second-order valence-electron chi connectivity index (χ2n) is 11.6. The lowest BCUT2D eigenvalue weighted by Crippen LogP contribution is -2.48. The fourth-order valence-electron chi connectivity index (χ4n) is 5.62. The summed E-state index contributed by atoms with van der Waals surface area (Å²) in [7, 11) is 0. The van der Waals surface area contributed by atoms with Gasteiger partial charge in [-0.2, -0.15) is 0 Å². The number of carbonyl (C=O) groups is 1. The predicted molar refractivity (Wildman–Crippen MR) is 159 cm³/mol. The third kappa shape index (κ3) is 8.74. The van der Waals surface area contributed by atoms with E-state index in [-0.39, 0.29) is 43.1 Å². The van der Waals surface area contributed by atoms with Crippen molar-refractivity contribution in [1.29, 1.82) is 0 Å². The van der Waals surface area contributed by atoms with Crippen LogP contribution in [0.5, 0.6) is 5.75 Å². The van der Waals surface area contributed by atoms with E-state index in [2.05, 4.69) is 4.98 Å². The molecule has 0 unspecified atom stereocenters. The summed E-state index contributed by atoms with van der Waals surface area (Å²) >= 11 is 0. The van der Waals surface area contributed by atoms with Gasteiger partial charge in [0.2, 0.25) is 0 Å². The number of nitrogens with one attached hydrogen (secondary N) is 1. The van der Waals surface area contributed by atoms with Crippen LogP contribution in [0.3, 0.4) is 0 Å². The molecule has 0 spiro atoms. The lowest BCUT2D eigenvalue weighted by atomic mass is 9.87. The number of hydrogen-bond donors (Lipinski definition) is 1. The first kappa shape index (κ1) is 32.8. The van der Waals surface area contributed by atoms with Gasteiger partial charge < -0.3 is 23.9 Å². The standard InChI is InChI=1S/C33H43F3N2O5/c1-5-42-29(39)20-41-15-10-14-40-13-8-9-16-43-23-18-26(34)30(27(35)19-23)32-31-25(24-11-6-7-12-28(24)37-31)17-22(2)38(32)21-33(3,4)36/h6-7,11-12,18-19,22,32,37H,5,8-10,13-17,20-21H2,1-4H3/t22-,32-/m1/s1. The van der Waals surface area contributed by atoms with E-state index in [0.717, 1.165) is 16.5 Å². The molecule has 4 rings (SSSR count). The number of halogens is 3. The second kappa shape index (κ2) is 15.1. The zero-order valence-electron chi connectivity index (χ0n) is 25.5. The van der Waals surface area contributed by atoms with Crippen molar-refractivity contribution in [2.45, 2.75) is 71.1 Å². The number of alkyl halides is 1. The molecule has 0 aliphatic carbocycles. The highest BCUT2D eigenvalue weighted by atomic mass is 19.1. The molecule has 1 aromatic heterocycles.